The number of benzene rings is 1. The highest BCUT2D eigenvalue weighted by molar-refractivity contribution is 7.98. The maximum Gasteiger partial charge on any atom is 0.224 e. The summed E-state index contributed by atoms with van der Waals surface area (Å²) in [6.45, 7) is 4.03. The van der Waals surface area contributed by atoms with Gasteiger partial charge in [0, 0.05) is 29.3 Å². The number of rotatable bonds is 6. The Labute approximate surface area is 183 Å². The first-order valence-electron chi connectivity index (χ1n) is 9.49. The number of nitrogens with one attached hydrogen (secondary N) is 1. The van der Waals surface area contributed by atoms with Crippen LogP contribution in [-0.4, -0.2) is 39.9 Å². The van der Waals surface area contributed by atoms with Gasteiger partial charge in [0.1, 0.15) is 17.6 Å². The van der Waals surface area contributed by atoms with Crippen molar-refractivity contribution in [1.82, 2.24) is 20.4 Å². The molecule has 1 aromatic carbocycles. The molecular formula is C21H21ClN4O3S. The molecule has 0 saturated heterocycles. The van der Waals surface area contributed by atoms with Crippen molar-refractivity contribution in [2.45, 2.75) is 37.9 Å². The molecule has 0 spiro atoms. The van der Waals surface area contributed by atoms with Gasteiger partial charge in [-0.25, -0.2) is 9.97 Å². The number of aromatic nitrogens is 3. The van der Waals surface area contributed by atoms with Gasteiger partial charge in [0.2, 0.25) is 5.91 Å². The Morgan fingerprint density at radius 3 is 2.93 bits per heavy atom. The van der Waals surface area contributed by atoms with Crippen molar-refractivity contribution >= 4 is 29.3 Å². The number of amides is 1. The maximum atomic E-state index is 12.3. The van der Waals surface area contributed by atoms with Gasteiger partial charge in [0.25, 0.3) is 0 Å². The summed E-state index contributed by atoms with van der Waals surface area (Å²) in [6, 6.07) is 5.75. The molecule has 1 aliphatic heterocycles. The van der Waals surface area contributed by atoms with E-state index in [1.807, 2.05) is 31.4 Å². The van der Waals surface area contributed by atoms with E-state index in [0.29, 0.717) is 34.7 Å². The van der Waals surface area contributed by atoms with E-state index in [-0.39, 0.29) is 18.4 Å². The number of ether oxygens (including phenoxy) is 1. The summed E-state index contributed by atoms with van der Waals surface area (Å²) >= 11 is 7.97. The zero-order valence-corrected chi connectivity index (χ0v) is 18.4. The summed E-state index contributed by atoms with van der Waals surface area (Å²) in [5.74, 6) is 1.24. The zero-order chi connectivity index (χ0) is 21.3. The van der Waals surface area contributed by atoms with E-state index in [9.17, 15) is 4.79 Å². The first kappa shape index (κ1) is 20.7. The third-order valence-corrected chi connectivity index (χ3v) is 5.85. The SMILES string of the molecule is CSc1nccc(-c2cc(Cl)c3c(c2)CC(CNC(=O)Cc2c(C)noc2C)O3)n1. The van der Waals surface area contributed by atoms with Crippen LogP contribution in [0.15, 0.2) is 34.1 Å². The molecule has 30 heavy (non-hydrogen) atoms. The van der Waals surface area contributed by atoms with Crippen LogP contribution >= 0.6 is 23.4 Å². The second kappa shape index (κ2) is 8.65. The molecule has 3 heterocycles. The number of hydrogen-bond acceptors (Lipinski definition) is 7. The number of aryl methyl sites for hydroxylation is 2. The second-order valence-electron chi connectivity index (χ2n) is 7.10. The predicted molar refractivity (Wildman–Crippen MR) is 115 cm³/mol. The molecule has 4 rings (SSSR count). The van der Waals surface area contributed by atoms with Crippen LogP contribution in [0.4, 0.5) is 0 Å². The van der Waals surface area contributed by atoms with Crippen LogP contribution in [0.1, 0.15) is 22.6 Å². The van der Waals surface area contributed by atoms with E-state index < -0.39 is 0 Å². The lowest BCUT2D eigenvalue weighted by Gasteiger charge is -2.12. The topological polar surface area (TPSA) is 90.1 Å². The number of nitrogens with zero attached hydrogens (tertiary/aromatic N) is 3. The summed E-state index contributed by atoms with van der Waals surface area (Å²) in [7, 11) is 0. The normalized spacial score (nSPS) is 15.0. The lowest BCUT2D eigenvalue weighted by molar-refractivity contribution is -0.120. The molecule has 1 aliphatic rings. The molecule has 9 heteroatoms. The number of hydrogen-bond donors (Lipinski definition) is 1. The minimum atomic E-state index is -0.173. The zero-order valence-electron chi connectivity index (χ0n) is 16.9. The average molecular weight is 445 g/mol. The monoisotopic (exact) mass is 444 g/mol. The van der Waals surface area contributed by atoms with Gasteiger partial charge in [-0.05, 0) is 38.3 Å². The van der Waals surface area contributed by atoms with Crippen LogP contribution in [0.5, 0.6) is 5.75 Å². The predicted octanol–water partition coefficient (Wildman–Crippen LogP) is 3.79. The smallest absolute Gasteiger partial charge is 0.224 e. The first-order chi connectivity index (χ1) is 14.4. The van der Waals surface area contributed by atoms with Gasteiger partial charge in [-0.2, -0.15) is 0 Å². The van der Waals surface area contributed by atoms with Crippen LogP contribution in [0.2, 0.25) is 5.02 Å². The standard InChI is InChI=1S/C21H21ClN4O3S/c1-11-16(12(2)29-26-11)9-19(27)24-10-15-7-14-6-13(8-17(22)20(14)28-15)18-4-5-23-21(25-18)30-3/h4-6,8,15H,7,9-10H2,1-3H3,(H,24,27). The average Bonchev–Trinajstić information content (AvgIpc) is 3.30. The second-order valence-corrected chi connectivity index (χ2v) is 8.28. The largest absolute Gasteiger partial charge is 0.486 e. The van der Waals surface area contributed by atoms with Crippen molar-refractivity contribution in [2.24, 2.45) is 0 Å². The first-order valence-corrected chi connectivity index (χ1v) is 11.1. The minimum absolute atomic E-state index is 0.0960. The Balaban J connectivity index is 1.42. The molecule has 3 aromatic rings. The quantitative estimate of drug-likeness (QED) is 0.457. The van der Waals surface area contributed by atoms with E-state index in [2.05, 4.69) is 20.4 Å². The molecular weight excluding hydrogens is 424 g/mol. The van der Waals surface area contributed by atoms with E-state index in [0.717, 1.165) is 28.1 Å². The summed E-state index contributed by atoms with van der Waals surface area (Å²) in [6.07, 6.45) is 4.40. The fourth-order valence-electron chi connectivity index (χ4n) is 3.45. The summed E-state index contributed by atoms with van der Waals surface area (Å²) in [5.41, 5.74) is 4.30. The molecule has 7 nitrogen and oxygen atoms in total. The van der Waals surface area contributed by atoms with Crippen LogP contribution < -0.4 is 10.1 Å². The molecule has 1 amide bonds. The number of thioether (sulfide) groups is 1. The lowest BCUT2D eigenvalue weighted by Crippen LogP contribution is -2.35. The van der Waals surface area contributed by atoms with Gasteiger partial charge < -0.3 is 14.6 Å². The maximum absolute atomic E-state index is 12.3. The molecule has 1 unspecified atom stereocenters. The van der Waals surface area contributed by atoms with E-state index in [1.54, 1.807) is 13.1 Å². The highest BCUT2D eigenvalue weighted by Gasteiger charge is 2.27. The van der Waals surface area contributed by atoms with Gasteiger partial charge in [0.05, 0.1) is 29.4 Å². The van der Waals surface area contributed by atoms with Crippen LogP contribution in [0.3, 0.4) is 0 Å². The van der Waals surface area contributed by atoms with Gasteiger partial charge >= 0.3 is 0 Å². The fourth-order valence-corrected chi connectivity index (χ4v) is 4.09. The van der Waals surface area contributed by atoms with Crippen molar-refractivity contribution in [3.8, 4) is 17.0 Å². The Hall–Kier alpha value is -2.58. The van der Waals surface area contributed by atoms with Gasteiger partial charge in [-0.3, -0.25) is 4.79 Å². The van der Waals surface area contributed by atoms with Gasteiger partial charge in [0.15, 0.2) is 5.16 Å². The number of carbonyl (C=O) groups is 1. The molecule has 0 aliphatic carbocycles. The molecule has 0 bridgehead atoms. The minimum Gasteiger partial charge on any atom is -0.486 e. The van der Waals surface area contributed by atoms with Crippen molar-refractivity contribution in [3.63, 3.8) is 0 Å². The van der Waals surface area contributed by atoms with Crippen molar-refractivity contribution in [1.29, 1.82) is 0 Å². The van der Waals surface area contributed by atoms with Crippen LogP contribution in [-0.2, 0) is 17.6 Å². The number of halogens is 1. The van der Waals surface area contributed by atoms with Crippen LogP contribution in [0, 0.1) is 13.8 Å². The highest BCUT2D eigenvalue weighted by Crippen LogP contribution is 2.39. The summed E-state index contributed by atoms with van der Waals surface area (Å²) < 4.78 is 11.1. The Morgan fingerprint density at radius 1 is 1.37 bits per heavy atom. The third-order valence-electron chi connectivity index (χ3n) is 5.01. The summed E-state index contributed by atoms with van der Waals surface area (Å²) in [5, 5.41) is 8.06. The number of fused-ring (bicyclic) bond motifs is 1. The highest BCUT2D eigenvalue weighted by atomic mass is 35.5. The molecule has 0 radical (unpaired) electrons. The number of carbonyl (C=O) groups excluding carboxylic acids is 1. The Kier molecular flexibility index (Phi) is 5.97. The van der Waals surface area contributed by atoms with Crippen LogP contribution in [0.25, 0.3) is 11.3 Å². The lowest BCUT2D eigenvalue weighted by atomic mass is 10.0. The molecule has 1 N–H and O–H groups in total. The summed E-state index contributed by atoms with van der Waals surface area (Å²) in [4.78, 5) is 21.1. The van der Waals surface area contributed by atoms with E-state index >= 15 is 0 Å². The van der Waals surface area contributed by atoms with E-state index in [1.165, 1.54) is 11.8 Å². The van der Waals surface area contributed by atoms with Crippen molar-refractivity contribution < 1.29 is 14.1 Å². The third kappa shape index (κ3) is 4.29. The Bertz CT molecular complexity index is 1080. The van der Waals surface area contributed by atoms with Crippen molar-refractivity contribution in [2.75, 3.05) is 12.8 Å². The fraction of sp³-hybridized carbons (Fsp3) is 0.333. The molecule has 2 aromatic heterocycles. The van der Waals surface area contributed by atoms with Gasteiger partial charge in [-0.1, -0.05) is 28.5 Å². The van der Waals surface area contributed by atoms with Crippen molar-refractivity contribution in [3.05, 3.63) is 52.0 Å². The molecule has 0 fully saturated rings. The molecule has 0 saturated carbocycles. The Morgan fingerprint density at radius 2 is 2.20 bits per heavy atom. The van der Waals surface area contributed by atoms with E-state index in [4.69, 9.17) is 20.9 Å². The van der Waals surface area contributed by atoms with Gasteiger partial charge in [-0.15, -0.1) is 0 Å². The molecule has 156 valence electrons. The molecule has 1 atom stereocenters.